The molecule has 0 aliphatic heterocycles. The normalized spacial score (nSPS) is 14.2. The summed E-state index contributed by atoms with van der Waals surface area (Å²) in [5.41, 5.74) is -0.0129. The first-order chi connectivity index (χ1) is 4.95. The lowest BCUT2D eigenvalue weighted by molar-refractivity contribution is -0.00103. The second-order valence-corrected chi connectivity index (χ2v) is 4.43. The Hall–Kier alpha value is 0.137. The molecule has 0 spiro atoms. The molecule has 0 bridgehead atoms. The average molecular weight is 175 g/mol. The molecular formula is C8H21NOSi. The minimum atomic E-state index is -0.776. The van der Waals surface area contributed by atoms with E-state index in [0.717, 1.165) is 0 Å². The van der Waals surface area contributed by atoms with E-state index in [4.69, 9.17) is 9.83 Å². The van der Waals surface area contributed by atoms with Crippen LogP contribution in [0.15, 0.2) is 0 Å². The van der Waals surface area contributed by atoms with Crippen LogP contribution in [0.2, 0.25) is 0 Å². The van der Waals surface area contributed by atoms with Crippen LogP contribution in [0, 0.1) is 11.8 Å². The van der Waals surface area contributed by atoms with E-state index in [1.165, 1.54) is 0 Å². The predicted molar refractivity (Wildman–Crippen MR) is 51.9 cm³/mol. The van der Waals surface area contributed by atoms with Crippen molar-refractivity contribution < 1.29 is 4.43 Å². The summed E-state index contributed by atoms with van der Waals surface area (Å²) in [5, 5.41) is 5.51. The van der Waals surface area contributed by atoms with E-state index in [0.29, 0.717) is 11.8 Å². The first-order valence-corrected chi connectivity index (χ1v) is 5.68. The Morgan fingerprint density at radius 3 is 1.64 bits per heavy atom. The van der Waals surface area contributed by atoms with Gasteiger partial charge in [0.15, 0.2) is 0 Å². The van der Waals surface area contributed by atoms with Crippen molar-refractivity contribution in [2.45, 2.75) is 40.2 Å². The van der Waals surface area contributed by atoms with Crippen LogP contribution >= 0.6 is 0 Å². The highest BCUT2D eigenvalue weighted by Crippen LogP contribution is 2.28. The third-order valence-corrected chi connectivity index (χ3v) is 3.48. The van der Waals surface area contributed by atoms with Crippen molar-refractivity contribution >= 4 is 9.92 Å². The molecule has 0 unspecified atom stereocenters. The van der Waals surface area contributed by atoms with Gasteiger partial charge in [0, 0.05) is 0 Å². The van der Waals surface area contributed by atoms with E-state index in [9.17, 15) is 0 Å². The zero-order chi connectivity index (χ0) is 9.07. The molecule has 0 heterocycles. The first-order valence-electron chi connectivity index (χ1n) is 4.29. The van der Waals surface area contributed by atoms with Crippen molar-refractivity contribution in [2.24, 2.45) is 17.2 Å². The van der Waals surface area contributed by atoms with E-state index in [1.54, 1.807) is 0 Å². The lowest BCUT2D eigenvalue weighted by atomic mass is 9.82. The van der Waals surface area contributed by atoms with Gasteiger partial charge in [0.1, 0.15) is 0 Å². The van der Waals surface area contributed by atoms with Gasteiger partial charge >= 0.3 is 0 Å². The monoisotopic (exact) mass is 175 g/mol. The first kappa shape index (κ1) is 11.1. The van der Waals surface area contributed by atoms with E-state index < -0.39 is 9.92 Å². The molecular weight excluding hydrogens is 154 g/mol. The number of rotatable bonds is 4. The summed E-state index contributed by atoms with van der Waals surface area (Å²) in [6, 6.07) is 0. The zero-order valence-electron chi connectivity index (χ0n) is 8.35. The summed E-state index contributed by atoms with van der Waals surface area (Å²) in [5.74, 6) is 1.08. The third-order valence-electron chi connectivity index (χ3n) is 2.69. The van der Waals surface area contributed by atoms with Gasteiger partial charge in [0.25, 0.3) is 0 Å². The standard InChI is InChI=1S/C8H21NOSi/c1-6(2)8(5,7(3)4)10-11-9/h6-7H,9,11H2,1-5H3. The second kappa shape index (κ2) is 4.23. The van der Waals surface area contributed by atoms with Gasteiger partial charge in [-0.25, -0.2) is 0 Å². The van der Waals surface area contributed by atoms with Crippen LogP contribution in [-0.2, 0) is 4.43 Å². The quantitative estimate of drug-likeness (QED) is 0.648. The van der Waals surface area contributed by atoms with Crippen molar-refractivity contribution in [2.75, 3.05) is 0 Å². The molecule has 0 rings (SSSR count). The van der Waals surface area contributed by atoms with Gasteiger partial charge in [0.2, 0.25) is 9.92 Å². The minimum absolute atomic E-state index is 0.0129. The highest BCUT2D eigenvalue weighted by Gasteiger charge is 2.31. The fourth-order valence-electron chi connectivity index (χ4n) is 1.18. The molecule has 2 N–H and O–H groups in total. The van der Waals surface area contributed by atoms with Crippen LogP contribution < -0.4 is 5.40 Å². The Kier molecular flexibility index (Phi) is 4.29. The molecule has 11 heavy (non-hydrogen) atoms. The molecule has 0 amide bonds. The van der Waals surface area contributed by atoms with Crippen molar-refractivity contribution in [3.8, 4) is 0 Å². The van der Waals surface area contributed by atoms with Gasteiger partial charge in [-0.05, 0) is 18.8 Å². The topological polar surface area (TPSA) is 35.2 Å². The van der Waals surface area contributed by atoms with Crippen LogP contribution in [0.5, 0.6) is 0 Å². The summed E-state index contributed by atoms with van der Waals surface area (Å²) < 4.78 is 5.67. The molecule has 0 saturated carbocycles. The molecule has 0 aromatic rings. The summed E-state index contributed by atoms with van der Waals surface area (Å²) in [6.45, 7) is 10.9. The van der Waals surface area contributed by atoms with Gasteiger partial charge in [-0.15, -0.1) is 0 Å². The number of hydrogen-bond donors (Lipinski definition) is 1. The molecule has 2 nitrogen and oxygen atoms in total. The molecule has 0 aliphatic rings. The predicted octanol–water partition coefficient (Wildman–Crippen LogP) is 1.03. The Labute approximate surface area is 72.5 Å². The van der Waals surface area contributed by atoms with E-state index >= 15 is 0 Å². The van der Waals surface area contributed by atoms with Crippen LogP contribution in [0.25, 0.3) is 0 Å². The molecule has 0 fully saturated rings. The lowest BCUT2D eigenvalue weighted by Gasteiger charge is -2.37. The Bertz CT molecular complexity index is 107. The maximum atomic E-state index is 5.67. The fraction of sp³-hybridized carbons (Fsp3) is 1.00. The maximum Gasteiger partial charge on any atom is 0.234 e. The van der Waals surface area contributed by atoms with Crippen molar-refractivity contribution in [3.63, 3.8) is 0 Å². The smallest absolute Gasteiger partial charge is 0.234 e. The highest BCUT2D eigenvalue weighted by molar-refractivity contribution is 6.22. The van der Waals surface area contributed by atoms with Gasteiger partial charge in [-0.2, -0.15) is 0 Å². The van der Waals surface area contributed by atoms with Crippen molar-refractivity contribution in [1.82, 2.24) is 0 Å². The van der Waals surface area contributed by atoms with Gasteiger partial charge in [-0.1, -0.05) is 27.7 Å². The molecule has 0 saturated heterocycles. The summed E-state index contributed by atoms with van der Waals surface area (Å²) in [7, 11) is -0.776. The lowest BCUT2D eigenvalue weighted by Crippen LogP contribution is -2.43. The number of hydrogen-bond acceptors (Lipinski definition) is 2. The second-order valence-electron chi connectivity index (χ2n) is 3.80. The van der Waals surface area contributed by atoms with Crippen LogP contribution in [0.3, 0.4) is 0 Å². The summed E-state index contributed by atoms with van der Waals surface area (Å²) in [6.07, 6.45) is 0. The molecule has 0 radical (unpaired) electrons. The largest absolute Gasteiger partial charge is 0.403 e. The highest BCUT2D eigenvalue weighted by atomic mass is 28.2. The zero-order valence-corrected chi connectivity index (χ0v) is 9.76. The van der Waals surface area contributed by atoms with Crippen molar-refractivity contribution in [1.29, 1.82) is 0 Å². The third kappa shape index (κ3) is 2.58. The van der Waals surface area contributed by atoms with E-state index in [2.05, 4.69) is 34.6 Å². The molecule has 0 aromatic carbocycles. The molecule has 0 atom stereocenters. The Morgan fingerprint density at radius 2 is 1.55 bits per heavy atom. The van der Waals surface area contributed by atoms with Gasteiger partial charge < -0.3 is 9.83 Å². The van der Waals surface area contributed by atoms with Crippen LogP contribution in [-0.4, -0.2) is 15.5 Å². The van der Waals surface area contributed by atoms with Gasteiger partial charge in [0.05, 0.1) is 5.60 Å². The maximum absolute atomic E-state index is 5.67. The SMILES string of the molecule is CC(C)C(C)(O[SiH2]N)C(C)C. The summed E-state index contributed by atoms with van der Waals surface area (Å²) in [4.78, 5) is 0. The fourth-order valence-corrected chi connectivity index (χ4v) is 2.21. The molecule has 68 valence electrons. The Balaban J connectivity index is 4.26. The van der Waals surface area contributed by atoms with Gasteiger partial charge in [-0.3, -0.25) is 0 Å². The van der Waals surface area contributed by atoms with E-state index in [1.807, 2.05) is 0 Å². The van der Waals surface area contributed by atoms with E-state index in [-0.39, 0.29) is 5.60 Å². The molecule has 0 aliphatic carbocycles. The summed E-state index contributed by atoms with van der Waals surface area (Å²) >= 11 is 0. The van der Waals surface area contributed by atoms with Crippen molar-refractivity contribution in [3.05, 3.63) is 0 Å². The van der Waals surface area contributed by atoms with Crippen LogP contribution in [0.4, 0.5) is 0 Å². The molecule has 3 heteroatoms. The Morgan fingerprint density at radius 1 is 1.18 bits per heavy atom. The minimum Gasteiger partial charge on any atom is -0.403 e. The average Bonchev–Trinajstić information content (AvgIpc) is 1.87. The van der Waals surface area contributed by atoms with Crippen LogP contribution in [0.1, 0.15) is 34.6 Å². The molecule has 0 aromatic heterocycles. The number of nitrogens with two attached hydrogens (primary N) is 1.